The van der Waals surface area contributed by atoms with E-state index in [9.17, 15) is 8.78 Å². The molecule has 20 heavy (non-hydrogen) atoms. The molecule has 0 aliphatic heterocycles. The molecule has 0 heterocycles. The molecule has 0 aliphatic rings. The minimum Gasteiger partial charge on any atom is -0.366 e. The summed E-state index contributed by atoms with van der Waals surface area (Å²) < 4.78 is 26.9. The van der Waals surface area contributed by atoms with E-state index < -0.39 is 11.6 Å². The Hall–Kier alpha value is -1.94. The van der Waals surface area contributed by atoms with Gasteiger partial charge in [-0.1, -0.05) is 18.2 Å². The summed E-state index contributed by atoms with van der Waals surface area (Å²) in [6.45, 7) is 2.24. The van der Waals surface area contributed by atoms with E-state index in [0.29, 0.717) is 5.56 Å². The Labute approximate surface area is 117 Å². The molecule has 2 aromatic rings. The maximum atomic E-state index is 13.9. The van der Waals surface area contributed by atoms with E-state index in [-0.39, 0.29) is 12.6 Å². The van der Waals surface area contributed by atoms with Gasteiger partial charge in [0.1, 0.15) is 11.6 Å². The van der Waals surface area contributed by atoms with E-state index in [1.165, 1.54) is 12.1 Å². The van der Waals surface area contributed by atoms with Crippen LogP contribution in [-0.4, -0.2) is 13.6 Å². The lowest BCUT2D eigenvalue weighted by molar-refractivity contribution is 0.549. The molecule has 0 bridgehead atoms. The molecule has 106 valence electrons. The SMILES string of the molecule is Cc1cccc(N(C)C(CN)c2ccc(F)cc2F)c1. The summed E-state index contributed by atoms with van der Waals surface area (Å²) in [5.74, 6) is -1.15. The van der Waals surface area contributed by atoms with Crippen molar-refractivity contribution in [3.63, 3.8) is 0 Å². The van der Waals surface area contributed by atoms with Crippen LogP contribution in [0, 0.1) is 18.6 Å². The third-order valence-corrected chi connectivity index (χ3v) is 3.42. The molecule has 0 radical (unpaired) electrons. The molecule has 1 atom stereocenters. The van der Waals surface area contributed by atoms with Crippen molar-refractivity contribution in [2.45, 2.75) is 13.0 Å². The van der Waals surface area contributed by atoms with Crippen LogP contribution in [0.25, 0.3) is 0 Å². The number of rotatable bonds is 4. The smallest absolute Gasteiger partial charge is 0.131 e. The predicted molar refractivity (Wildman–Crippen MR) is 77.7 cm³/mol. The van der Waals surface area contributed by atoms with Gasteiger partial charge in [-0.05, 0) is 30.7 Å². The van der Waals surface area contributed by atoms with Crippen molar-refractivity contribution >= 4 is 5.69 Å². The Balaban J connectivity index is 2.36. The van der Waals surface area contributed by atoms with Gasteiger partial charge >= 0.3 is 0 Å². The van der Waals surface area contributed by atoms with Gasteiger partial charge in [-0.2, -0.15) is 0 Å². The maximum Gasteiger partial charge on any atom is 0.131 e. The van der Waals surface area contributed by atoms with Crippen LogP contribution >= 0.6 is 0 Å². The Bertz CT molecular complexity index is 599. The van der Waals surface area contributed by atoms with Crippen molar-refractivity contribution < 1.29 is 8.78 Å². The lowest BCUT2D eigenvalue weighted by atomic mass is 10.0. The van der Waals surface area contributed by atoms with Gasteiger partial charge in [0.05, 0.1) is 6.04 Å². The van der Waals surface area contributed by atoms with Crippen molar-refractivity contribution in [1.29, 1.82) is 0 Å². The first-order valence-corrected chi connectivity index (χ1v) is 6.47. The largest absolute Gasteiger partial charge is 0.366 e. The van der Waals surface area contributed by atoms with Gasteiger partial charge in [0.2, 0.25) is 0 Å². The molecule has 0 saturated carbocycles. The van der Waals surface area contributed by atoms with Gasteiger partial charge in [-0.15, -0.1) is 0 Å². The predicted octanol–water partition coefficient (Wildman–Crippen LogP) is 3.41. The average molecular weight is 276 g/mol. The number of benzene rings is 2. The highest BCUT2D eigenvalue weighted by molar-refractivity contribution is 5.50. The Morgan fingerprint density at radius 2 is 1.90 bits per heavy atom. The van der Waals surface area contributed by atoms with Gasteiger partial charge < -0.3 is 10.6 Å². The number of halogens is 2. The molecule has 4 heteroatoms. The number of likely N-dealkylation sites (N-methyl/N-ethyl adjacent to an activating group) is 1. The summed E-state index contributed by atoms with van der Waals surface area (Å²) >= 11 is 0. The van der Waals surface area contributed by atoms with Crippen molar-refractivity contribution in [3.05, 3.63) is 65.2 Å². The minimum atomic E-state index is -0.583. The molecule has 2 nitrogen and oxygen atoms in total. The van der Waals surface area contributed by atoms with Crippen LogP contribution in [-0.2, 0) is 0 Å². The van der Waals surface area contributed by atoms with Crippen LogP contribution < -0.4 is 10.6 Å². The Morgan fingerprint density at radius 3 is 2.50 bits per heavy atom. The average Bonchev–Trinajstić information content (AvgIpc) is 2.41. The zero-order valence-electron chi connectivity index (χ0n) is 11.6. The monoisotopic (exact) mass is 276 g/mol. The van der Waals surface area contributed by atoms with Gasteiger partial charge in [-0.3, -0.25) is 0 Å². The molecule has 0 aliphatic carbocycles. The molecule has 0 amide bonds. The van der Waals surface area contributed by atoms with Crippen LogP contribution in [0.3, 0.4) is 0 Å². The zero-order chi connectivity index (χ0) is 14.7. The molecule has 1 unspecified atom stereocenters. The van der Waals surface area contributed by atoms with E-state index in [1.807, 2.05) is 43.1 Å². The standard InChI is InChI=1S/C16H18F2N2/c1-11-4-3-5-13(8-11)20(2)16(10-19)14-7-6-12(17)9-15(14)18/h3-9,16H,10,19H2,1-2H3. The third kappa shape index (κ3) is 2.96. The summed E-state index contributed by atoms with van der Waals surface area (Å²) in [5.41, 5.74) is 8.25. The second kappa shape index (κ2) is 6.01. The van der Waals surface area contributed by atoms with E-state index in [1.54, 1.807) is 0 Å². The lowest BCUT2D eigenvalue weighted by Gasteiger charge is -2.30. The van der Waals surface area contributed by atoms with Gasteiger partial charge in [-0.25, -0.2) is 8.78 Å². The Morgan fingerprint density at radius 1 is 1.15 bits per heavy atom. The van der Waals surface area contributed by atoms with Crippen LogP contribution in [0.2, 0.25) is 0 Å². The number of aryl methyl sites for hydroxylation is 1. The zero-order valence-corrected chi connectivity index (χ0v) is 11.6. The van der Waals surface area contributed by atoms with E-state index in [4.69, 9.17) is 5.73 Å². The summed E-state index contributed by atoms with van der Waals surface area (Å²) in [6.07, 6.45) is 0. The van der Waals surface area contributed by atoms with Gasteiger partial charge in [0.15, 0.2) is 0 Å². The van der Waals surface area contributed by atoms with Crippen molar-refractivity contribution in [3.8, 4) is 0 Å². The molecule has 2 N–H and O–H groups in total. The number of hydrogen-bond donors (Lipinski definition) is 1. The number of anilines is 1. The lowest BCUT2D eigenvalue weighted by Crippen LogP contribution is -2.31. The van der Waals surface area contributed by atoms with E-state index >= 15 is 0 Å². The highest BCUT2D eigenvalue weighted by Gasteiger charge is 2.20. The first-order valence-electron chi connectivity index (χ1n) is 6.47. The summed E-state index contributed by atoms with van der Waals surface area (Å²) in [6, 6.07) is 11.1. The van der Waals surface area contributed by atoms with Gasteiger partial charge in [0.25, 0.3) is 0 Å². The van der Waals surface area contributed by atoms with Crippen molar-refractivity contribution in [1.82, 2.24) is 0 Å². The van der Waals surface area contributed by atoms with E-state index in [2.05, 4.69) is 0 Å². The first-order chi connectivity index (χ1) is 9.52. The molecule has 0 saturated heterocycles. The van der Waals surface area contributed by atoms with Crippen LogP contribution in [0.5, 0.6) is 0 Å². The fourth-order valence-corrected chi connectivity index (χ4v) is 2.29. The Kier molecular flexibility index (Phi) is 4.35. The van der Waals surface area contributed by atoms with Crippen molar-refractivity contribution in [2.24, 2.45) is 5.73 Å². The molecule has 2 aromatic carbocycles. The second-order valence-electron chi connectivity index (χ2n) is 4.87. The number of nitrogens with two attached hydrogens (primary N) is 1. The summed E-state index contributed by atoms with van der Waals surface area (Å²) in [7, 11) is 1.86. The van der Waals surface area contributed by atoms with Crippen molar-refractivity contribution in [2.75, 3.05) is 18.5 Å². The van der Waals surface area contributed by atoms with Gasteiger partial charge in [0, 0.05) is 30.9 Å². The third-order valence-electron chi connectivity index (χ3n) is 3.42. The molecular weight excluding hydrogens is 258 g/mol. The van der Waals surface area contributed by atoms with Crippen LogP contribution in [0.4, 0.5) is 14.5 Å². The summed E-state index contributed by atoms with van der Waals surface area (Å²) in [4.78, 5) is 1.91. The minimum absolute atomic E-state index is 0.243. The molecule has 2 rings (SSSR count). The molecular formula is C16H18F2N2. The quantitative estimate of drug-likeness (QED) is 0.927. The van der Waals surface area contributed by atoms with E-state index in [0.717, 1.165) is 17.3 Å². The molecule has 0 fully saturated rings. The fraction of sp³-hybridized carbons (Fsp3) is 0.250. The normalized spacial score (nSPS) is 12.2. The molecule has 0 spiro atoms. The van der Waals surface area contributed by atoms with Crippen LogP contribution in [0.15, 0.2) is 42.5 Å². The maximum absolute atomic E-state index is 13.9. The highest BCUT2D eigenvalue weighted by Crippen LogP contribution is 2.27. The fourth-order valence-electron chi connectivity index (χ4n) is 2.29. The first kappa shape index (κ1) is 14.5. The highest BCUT2D eigenvalue weighted by atomic mass is 19.1. The second-order valence-corrected chi connectivity index (χ2v) is 4.87. The van der Waals surface area contributed by atoms with Crippen LogP contribution in [0.1, 0.15) is 17.2 Å². The number of nitrogens with zero attached hydrogens (tertiary/aromatic N) is 1. The molecule has 0 aromatic heterocycles. The topological polar surface area (TPSA) is 29.3 Å². The summed E-state index contributed by atoms with van der Waals surface area (Å²) in [5, 5.41) is 0. The number of hydrogen-bond acceptors (Lipinski definition) is 2.